The molecule has 4 aliphatic carbocycles. The molecule has 0 aromatic carbocycles. The van der Waals surface area contributed by atoms with Gasteiger partial charge in [-0.15, -0.1) is 0 Å². The number of pyridine rings is 1. The molecule has 1 heterocycles. The predicted molar refractivity (Wildman–Crippen MR) is 115 cm³/mol. The van der Waals surface area contributed by atoms with Crippen LogP contribution in [0.3, 0.4) is 0 Å². The van der Waals surface area contributed by atoms with E-state index in [2.05, 4.69) is 43.1 Å². The topological polar surface area (TPSA) is 50.2 Å². The summed E-state index contributed by atoms with van der Waals surface area (Å²) in [5.41, 5.74) is 4.98. The Kier molecular flexibility index (Phi) is 4.49. The van der Waals surface area contributed by atoms with E-state index in [-0.39, 0.29) is 10.8 Å². The van der Waals surface area contributed by atoms with Gasteiger partial charge in [-0.3, -0.25) is 9.78 Å². The molecular formula is C26H33NO2. The van der Waals surface area contributed by atoms with Crippen LogP contribution < -0.4 is 0 Å². The van der Waals surface area contributed by atoms with E-state index in [0.29, 0.717) is 12.3 Å². The minimum atomic E-state index is -0.638. The normalized spacial score (nSPS) is 40.9. The molecule has 29 heavy (non-hydrogen) atoms. The highest BCUT2D eigenvalue weighted by molar-refractivity contribution is 5.72. The molecule has 0 saturated heterocycles. The van der Waals surface area contributed by atoms with Gasteiger partial charge in [0.2, 0.25) is 0 Å². The molecule has 2 saturated carbocycles. The lowest BCUT2D eigenvalue weighted by atomic mass is 9.47. The largest absolute Gasteiger partial charge is 0.481 e. The Morgan fingerprint density at radius 3 is 2.72 bits per heavy atom. The number of carbonyl (C=O) groups is 1. The lowest BCUT2D eigenvalue weighted by Gasteiger charge is -2.58. The van der Waals surface area contributed by atoms with Crippen LogP contribution in [0.15, 0.2) is 42.3 Å². The van der Waals surface area contributed by atoms with Crippen molar-refractivity contribution in [2.75, 3.05) is 0 Å². The molecular weight excluding hydrogens is 358 g/mol. The first-order valence-corrected chi connectivity index (χ1v) is 11.4. The minimum Gasteiger partial charge on any atom is -0.481 e. The maximum absolute atomic E-state index is 11.2. The van der Waals surface area contributed by atoms with Crippen molar-refractivity contribution < 1.29 is 9.90 Å². The molecule has 6 unspecified atom stereocenters. The van der Waals surface area contributed by atoms with Crippen LogP contribution in [-0.2, 0) is 4.79 Å². The zero-order chi connectivity index (χ0) is 20.2. The van der Waals surface area contributed by atoms with Crippen molar-refractivity contribution in [3.8, 4) is 0 Å². The predicted octanol–water partition coefficient (Wildman–Crippen LogP) is 6.13. The fourth-order valence-electron chi connectivity index (χ4n) is 7.69. The number of aliphatic carboxylic acids is 1. The van der Waals surface area contributed by atoms with Crippen LogP contribution in [0.25, 0.3) is 5.57 Å². The number of hydrogen-bond donors (Lipinski definition) is 1. The van der Waals surface area contributed by atoms with Crippen LogP contribution in [-0.4, -0.2) is 16.1 Å². The number of carboxylic acids is 1. The van der Waals surface area contributed by atoms with Gasteiger partial charge in [0.25, 0.3) is 0 Å². The van der Waals surface area contributed by atoms with Crippen LogP contribution in [0.2, 0.25) is 0 Å². The summed E-state index contributed by atoms with van der Waals surface area (Å²) in [7, 11) is 0. The van der Waals surface area contributed by atoms with E-state index < -0.39 is 5.97 Å². The Morgan fingerprint density at radius 2 is 1.97 bits per heavy atom. The van der Waals surface area contributed by atoms with E-state index in [0.717, 1.165) is 30.6 Å². The molecule has 1 aromatic rings. The highest BCUT2D eigenvalue weighted by Crippen LogP contribution is 2.66. The van der Waals surface area contributed by atoms with Gasteiger partial charge in [-0.1, -0.05) is 37.6 Å². The summed E-state index contributed by atoms with van der Waals surface area (Å²) in [5, 5.41) is 9.23. The number of carboxylic acid groups (broad SMARTS) is 1. The smallest absolute Gasteiger partial charge is 0.303 e. The highest BCUT2D eigenvalue weighted by Gasteiger charge is 2.56. The first-order chi connectivity index (χ1) is 13.9. The first-order valence-electron chi connectivity index (χ1n) is 11.4. The third kappa shape index (κ3) is 2.92. The second-order valence-corrected chi connectivity index (χ2v) is 10.5. The van der Waals surface area contributed by atoms with E-state index in [9.17, 15) is 9.90 Å². The molecule has 0 bridgehead atoms. The van der Waals surface area contributed by atoms with Gasteiger partial charge in [-0.05, 0) is 96.7 Å². The van der Waals surface area contributed by atoms with Gasteiger partial charge < -0.3 is 5.11 Å². The molecule has 6 atom stereocenters. The van der Waals surface area contributed by atoms with Crippen molar-refractivity contribution >= 4 is 11.5 Å². The monoisotopic (exact) mass is 391 g/mol. The van der Waals surface area contributed by atoms with E-state index in [1.54, 1.807) is 5.57 Å². The summed E-state index contributed by atoms with van der Waals surface area (Å²) in [4.78, 5) is 15.6. The van der Waals surface area contributed by atoms with Gasteiger partial charge >= 0.3 is 5.97 Å². The van der Waals surface area contributed by atoms with Crippen molar-refractivity contribution in [3.63, 3.8) is 0 Å². The quantitative estimate of drug-likeness (QED) is 0.631. The Hall–Kier alpha value is -1.90. The van der Waals surface area contributed by atoms with Crippen molar-refractivity contribution in [3.05, 3.63) is 47.8 Å². The molecule has 0 aliphatic heterocycles. The summed E-state index contributed by atoms with van der Waals surface area (Å²) in [6.45, 7) is 5.00. The summed E-state index contributed by atoms with van der Waals surface area (Å²) < 4.78 is 0. The maximum atomic E-state index is 11.2. The highest BCUT2D eigenvalue weighted by atomic mass is 16.4. The fourth-order valence-corrected chi connectivity index (χ4v) is 7.69. The van der Waals surface area contributed by atoms with E-state index in [1.807, 2.05) is 12.4 Å². The Labute approximate surface area is 174 Å². The number of aromatic nitrogens is 1. The molecule has 0 radical (unpaired) electrons. The van der Waals surface area contributed by atoms with Gasteiger partial charge in [0.05, 0.1) is 0 Å². The molecule has 1 N–H and O–H groups in total. The second-order valence-electron chi connectivity index (χ2n) is 10.5. The fraction of sp³-hybridized carbons (Fsp3) is 0.615. The minimum absolute atomic E-state index is 0.270. The summed E-state index contributed by atoms with van der Waals surface area (Å²) in [5.74, 6) is 1.93. The van der Waals surface area contributed by atoms with Gasteiger partial charge in [-0.2, -0.15) is 0 Å². The molecule has 5 rings (SSSR count). The zero-order valence-corrected chi connectivity index (χ0v) is 17.7. The Bertz CT molecular complexity index is 872. The van der Waals surface area contributed by atoms with Gasteiger partial charge in [0, 0.05) is 18.8 Å². The van der Waals surface area contributed by atoms with Crippen LogP contribution in [0, 0.1) is 34.5 Å². The molecule has 1 aromatic heterocycles. The standard InChI is InChI=1S/C26H33NO2/c1-25-11-9-17(15-24(28)29)14-19(25)5-6-20-22-8-7-21(18-4-3-13-27-16-18)26(22,2)12-10-23(20)25/h3-5,7,13,16-17,20,22-23H,6,8-12,14-15H2,1-2H3,(H,28,29). The Morgan fingerprint density at radius 1 is 1.14 bits per heavy atom. The summed E-state index contributed by atoms with van der Waals surface area (Å²) in [6, 6.07) is 4.28. The molecule has 154 valence electrons. The van der Waals surface area contributed by atoms with Crippen LogP contribution in [0.1, 0.15) is 70.8 Å². The maximum Gasteiger partial charge on any atom is 0.303 e. The van der Waals surface area contributed by atoms with Crippen molar-refractivity contribution in [2.45, 2.75) is 65.2 Å². The molecule has 3 heteroatoms. The number of fused-ring (bicyclic) bond motifs is 5. The molecule has 0 spiro atoms. The SMILES string of the molecule is CC12CCC(CC(=O)O)CC1=CCC1C2CCC2(C)C(c3cccnc3)=CCC12. The average molecular weight is 392 g/mol. The second kappa shape index (κ2) is 6.82. The number of allylic oxidation sites excluding steroid dienone is 4. The lowest BCUT2D eigenvalue weighted by Crippen LogP contribution is -2.49. The average Bonchev–Trinajstić information content (AvgIpc) is 3.06. The van der Waals surface area contributed by atoms with Crippen LogP contribution in [0.4, 0.5) is 0 Å². The van der Waals surface area contributed by atoms with Crippen LogP contribution in [0.5, 0.6) is 0 Å². The van der Waals surface area contributed by atoms with E-state index in [4.69, 9.17) is 0 Å². The van der Waals surface area contributed by atoms with E-state index in [1.165, 1.54) is 43.2 Å². The number of rotatable bonds is 3. The van der Waals surface area contributed by atoms with Crippen molar-refractivity contribution in [2.24, 2.45) is 34.5 Å². The number of nitrogens with zero attached hydrogens (tertiary/aromatic N) is 1. The number of hydrogen-bond acceptors (Lipinski definition) is 2. The molecule has 2 fully saturated rings. The van der Waals surface area contributed by atoms with Crippen molar-refractivity contribution in [1.82, 2.24) is 4.98 Å². The molecule has 0 amide bonds. The zero-order valence-electron chi connectivity index (χ0n) is 17.7. The third-order valence-corrected chi connectivity index (χ3v) is 9.22. The van der Waals surface area contributed by atoms with Gasteiger partial charge in [0.1, 0.15) is 0 Å². The van der Waals surface area contributed by atoms with E-state index >= 15 is 0 Å². The van der Waals surface area contributed by atoms with Crippen LogP contribution >= 0.6 is 0 Å². The molecule has 3 nitrogen and oxygen atoms in total. The van der Waals surface area contributed by atoms with Gasteiger partial charge in [-0.25, -0.2) is 0 Å². The lowest BCUT2D eigenvalue weighted by molar-refractivity contribution is -0.138. The Balaban J connectivity index is 1.41. The van der Waals surface area contributed by atoms with Gasteiger partial charge in [0.15, 0.2) is 0 Å². The third-order valence-electron chi connectivity index (χ3n) is 9.22. The summed E-state index contributed by atoms with van der Waals surface area (Å²) >= 11 is 0. The van der Waals surface area contributed by atoms with Crippen molar-refractivity contribution in [1.29, 1.82) is 0 Å². The summed E-state index contributed by atoms with van der Waals surface area (Å²) in [6.07, 6.45) is 17.5. The molecule has 4 aliphatic rings. The first kappa shape index (κ1) is 19.1.